The minimum atomic E-state index is -3.41. The highest BCUT2D eigenvalue weighted by molar-refractivity contribution is 7.89. The highest BCUT2D eigenvalue weighted by Gasteiger charge is 2.40. The van der Waals surface area contributed by atoms with E-state index >= 15 is 0 Å². The number of ether oxygens (including phenoxy) is 1. The van der Waals surface area contributed by atoms with Gasteiger partial charge in [0.25, 0.3) is 0 Å². The standard InChI is InChI=1S/C17H21N3O4S/c1-2-16-18-19-17(24-16)15-11-20(7-8-23-15)25(21,22)14-9-12-5-3-4-6-13(12)10-14/h3-6,14-15H,2,7-11H2,1H3/t15-/m0/s1. The molecule has 1 aliphatic carbocycles. The second-order valence-corrected chi connectivity index (χ2v) is 8.66. The fourth-order valence-electron chi connectivity index (χ4n) is 3.49. The molecule has 0 bridgehead atoms. The molecule has 7 nitrogen and oxygen atoms in total. The summed E-state index contributed by atoms with van der Waals surface area (Å²) >= 11 is 0. The maximum atomic E-state index is 13.1. The SMILES string of the molecule is CCc1nnc([C@@H]2CN(S(=O)(=O)C3Cc4ccccc4C3)CCO2)o1. The number of rotatable bonds is 4. The maximum absolute atomic E-state index is 13.1. The number of fused-ring (bicyclic) bond motifs is 1. The third-order valence-corrected chi connectivity index (χ3v) is 7.11. The summed E-state index contributed by atoms with van der Waals surface area (Å²) in [4.78, 5) is 0. The molecule has 0 N–H and O–H groups in total. The minimum absolute atomic E-state index is 0.223. The Hall–Kier alpha value is -1.77. The quantitative estimate of drug-likeness (QED) is 0.818. The van der Waals surface area contributed by atoms with Crippen LogP contribution in [0.15, 0.2) is 28.7 Å². The van der Waals surface area contributed by atoms with Gasteiger partial charge in [-0.3, -0.25) is 0 Å². The maximum Gasteiger partial charge on any atom is 0.246 e. The largest absolute Gasteiger partial charge is 0.422 e. The summed E-state index contributed by atoms with van der Waals surface area (Å²) in [5, 5.41) is 7.53. The first-order chi connectivity index (χ1) is 12.1. The highest BCUT2D eigenvalue weighted by atomic mass is 32.2. The Kier molecular flexibility index (Phi) is 4.35. The Morgan fingerprint density at radius 2 is 1.92 bits per heavy atom. The summed E-state index contributed by atoms with van der Waals surface area (Å²) in [5.74, 6) is 0.885. The van der Waals surface area contributed by atoms with Crippen LogP contribution in [0.3, 0.4) is 0 Å². The van der Waals surface area contributed by atoms with Crippen LogP contribution in [0.25, 0.3) is 0 Å². The number of aryl methyl sites for hydroxylation is 1. The fourth-order valence-corrected chi connectivity index (χ4v) is 5.36. The molecule has 1 fully saturated rings. The normalized spacial score (nSPS) is 22.2. The molecule has 2 aromatic rings. The van der Waals surface area contributed by atoms with Crippen LogP contribution in [-0.4, -0.2) is 47.9 Å². The monoisotopic (exact) mass is 363 g/mol. The topological polar surface area (TPSA) is 85.5 Å². The summed E-state index contributed by atoms with van der Waals surface area (Å²) in [6.45, 7) is 2.84. The van der Waals surface area contributed by atoms with Crippen molar-refractivity contribution in [2.75, 3.05) is 19.7 Å². The molecule has 134 valence electrons. The second kappa shape index (κ2) is 6.51. The van der Waals surface area contributed by atoms with Gasteiger partial charge in [0, 0.05) is 19.5 Å². The average molecular weight is 363 g/mol. The van der Waals surface area contributed by atoms with E-state index in [0.29, 0.717) is 44.2 Å². The van der Waals surface area contributed by atoms with Crippen LogP contribution in [0.1, 0.15) is 35.9 Å². The van der Waals surface area contributed by atoms with Crippen LogP contribution in [0.4, 0.5) is 0 Å². The summed E-state index contributed by atoms with van der Waals surface area (Å²) in [5.41, 5.74) is 2.26. The number of aromatic nitrogens is 2. The molecule has 0 saturated carbocycles. The van der Waals surface area contributed by atoms with Crippen molar-refractivity contribution >= 4 is 10.0 Å². The molecule has 25 heavy (non-hydrogen) atoms. The van der Waals surface area contributed by atoms with E-state index in [9.17, 15) is 8.42 Å². The Balaban J connectivity index is 1.51. The van der Waals surface area contributed by atoms with Crippen LogP contribution < -0.4 is 0 Å². The predicted molar refractivity (Wildman–Crippen MR) is 90.5 cm³/mol. The van der Waals surface area contributed by atoms with Gasteiger partial charge < -0.3 is 9.15 Å². The summed E-state index contributed by atoms with van der Waals surface area (Å²) < 4.78 is 38.9. The molecule has 8 heteroatoms. The molecule has 1 aliphatic heterocycles. The molecule has 1 atom stereocenters. The summed E-state index contributed by atoms with van der Waals surface area (Å²) in [7, 11) is -3.41. The Bertz CT molecular complexity index is 839. The van der Waals surface area contributed by atoms with Crippen molar-refractivity contribution in [1.82, 2.24) is 14.5 Å². The third-order valence-electron chi connectivity index (χ3n) is 4.88. The minimum Gasteiger partial charge on any atom is -0.422 e. The molecule has 0 unspecified atom stereocenters. The van der Waals surface area contributed by atoms with Gasteiger partial charge in [0.1, 0.15) is 6.10 Å². The number of morpholine rings is 1. The number of hydrogen-bond donors (Lipinski definition) is 0. The molecule has 0 amide bonds. The van der Waals surface area contributed by atoms with Crippen LogP contribution >= 0.6 is 0 Å². The van der Waals surface area contributed by atoms with Crippen LogP contribution in [0.5, 0.6) is 0 Å². The summed E-state index contributed by atoms with van der Waals surface area (Å²) in [6, 6.07) is 7.94. The van der Waals surface area contributed by atoms with Crippen molar-refractivity contribution in [3.8, 4) is 0 Å². The van der Waals surface area contributed by atoms with E-state index in [1.54, 1.807) is 0 Å². The third kappa shape index (κ3) is 3.09. The van der Waals surface area contributed by atoms with E-state index in [-0.39, 0.29) is 6.54 Å². The van der Waals surface area contributed by atoms with Crippen LogP contribution in [-0.2, 0) is 34.0 Å². The molecule has 0 spiro atoms. The Labute approximate surface area is 147 Å². The van der Waals surface area contributed by atoms with Crippen molar-refractivity contribution < 1.29 is 17.6 Å². The first kappa shape index (κ1) is 16.7. The Morgan fingerprint density at radius 1 is 1.20 bits per heavy atom. The van der Waals surface area contributed by atoms with Crippen molar-refractivity contribution in [3.63, 3.8) is 0 Å². The molecule has 0 radical (unpaired) electrons. The van der Waals surface area contributed by atoms with Crippen LogP contribution in [0, 0.1) is 0 Å². The average Bonchev–Trinajstić information content (AvgIpc) is 3.29. The van der Waals surface area contributed by atoms with Crippen LogP contribution in [0.2, 0.25) is 0 Å². The first-order valence-electron chi connectivity index (χ1n) is 8.57. The van der Waals surface area contributed by atoms with E-state index in [4.69, 9.17) is 9.15 Å². The zero-order valence-corrected chi connectivity index (χ0v) is 14.9. The molecule has 1 aromatic carbocycles. The molecular formula is C17H21N3O4S. The highest BCUT2D eigenvalue weighted by Crippen LogP contribution is 2.31. The fraction of sp³-hybridized carbons (Fsp3) is 0.529. The van der Waals surface area contributed by atoms with E-state index in [1.165, 1.54) is 4.31 Å². The zero-order chi connectivity index (χ0) is 17.4. The molecule has 2 aliphatic rings. The molecular weight excluding hydrogens is 342 g/mol. The Morgan fingerprint density at radius 3 is 2.56 bits per heavy atom. The predicted octanol–water partition coefficient (Wildman–Crippen LogP) is 1.50. The lowest BCUT2D eigenvalue weighted by Crippen LogP contribution is -2.46. The molecule has 2 heterocycles. The van der Waals surface area contributed by atoms with E-state index in [2.05, 4.69) is 10.2 Å². The number of hydrogen-bond acceptors (Lipinski definition) is 6. The van der Waals surface area contributed by atoms with Gasteiger partial charge in [-0.15, -0.1) is 10.2 Å². The van der Waals surface area contributed by atoms with Gasteiger partial charge in [0.15, 0.2) is 0 Å². The van der Waals surface area contributed by atoms with Crippen molar-refractivity contribution in [1.29, 1.82) is 0 Å². The number of benzene rings is 1. The van der Waals surface area contributed by atoms with E-state index in [0.717, 1.165) is 11.1 Å². The second-order valence-electron chi connectivity index (χ2n) is 6.45. The number of sulfonamides is 1. The molecule has 1 saturated heterocycles. The van der Waals surface area contributed by atoms with Gasteiger partial charge >= 0.3 is 0 Å². The molecule has 4 rings (SSSR count). The van der Waals surface area contributed by atoms with Crippen molar-refractivity contribution in [3.05, 3.63) is 47.2 Å². The summed E-state index contributed by atoms with van der Waals surface area (Å²) in [6.07, 6.45) is 1.28. The lowest BCUT2D eigenvalue weighted by Gasteiger charge is -2.32. The van der Waals surface area contributed by atoms with Crippen molar-refractivity contribution in [2.45, 2.75) is 37.5 Å². The van der Waals surface area contributed by atoms with E-state index < -0.39 is 21.4 Å². The van der Waals surface area contributed by atoms with E-state index in [1.807, 2.05) is 31.2 Å². The van der Waals surface area contributed by atoms with Gasteiger partial charge in [0.05, 0.1) is 11.9 Å². The van der Waals surface area contributed by atoms with Gasteiger partial charge in [-0.25, -0.2) is 8.42 Å². The van der Waals surface area contributed by atoms with Gasteiger partial charge in [0.2, 0.25) is 21.8 Å². The van der Waals surface area contributed by atoms with Gasteiger partial charge in [-0.05, 0) is 24.0 Å². The lowest BCUT2D eigenvalue weighted by atomic mass is 10.1. The van der Waals surface area contributed by atoms with Gasteiger partial charge in [-0.2, -0.15) is 4.31 Å². The zero-order valence-electron chi connectivity index (χ0n) is 14.1. The lowest BCUT2D eigenvalue weighted by molar-refractivity contribution is -0.0180. The molecule has 1 aromatic heterocycles. The van der Waals surface area contributed by atoms with Gasteiger partial charge in [-0.1, -0.05) is 31.2 Å². The van der Waals surface area contributed by atoms with Crippen molar-refractivity contribution in [2.24, 2.45) is 0 Å². The first-order valence-corrected chi connectivity index (χ1v) is 10.1. The number of nitrogens with zero attached hydrogens (tertiary/aromatic N) is 3. The smallest absolute Gasteiger partial charge is 0.246 e.